The highest BCUT2D eigenvalue weighted by Crippen LogP contribution is 2.29. The van der Waals surface area contributed by atoms with Gasteiger partial charge < -0.3 is 10.6 Å². The maximum Gasteiger partial charge on any atom is 0.274 e. The molecule has 10 heteroatoms. The summed E-state index contributed by atoms with van der Waals surface area (Å²) < 4.78 is 1.43. The number of aryl methyl sites for hydroxylation is 1. The normalized spacial score (nSPS) is 13.1. The summed E-state index contributed by atoms with van der Waals surface area (Å²) in [5.41, 5.74) is 2.38. The molecular formula is C22H21Cl2N5O2S. The lowest BCUT2D eigenvalue weighted by atomic mass is 10.1. The van der Waals surface area contributed by atoms with Gasteiger partial charge in [-0.3, -0.25) is 9.59 Å². The molecule has 2 N–H and O–H groups in total. The Kier molecular flexibility index (Phi) is 6.74. The zero-order chi connectivity index (χ0) is 22.8. The molecule has 1 aromatic carbocycles. The first-order valence-electron chi connectivity index (χ1n) is 9.98. The zero-order valence-corrected chi connectivity index (χ0v) is 19.8. The van der Waals surface area contributed by atoms with Gasteiger partial charge in [-0.2, -0.15) is 16.9 Å². The van der Waals surface area contributed by atoms with Crippen LogP contribution in [0.25, 0.3) is 5.82 Å². The van der Waals surface area contributed by atoms with Crippen LogP contribution in [0.5, 0.6) is 0 Å². The molecule has 0 spiro atoms. The number of nitrogens with zero attached hydrogens (tertiary/aromatic N) is 3. The van der Waals surface area contributed by atoms with Gasteiger partial charge in [-0.25, -0.2) is 9.67 Å². The molecule has 166 valence electrons. The van der Waals surface area contributed by atoms with Gasteiger partial charge in [-0.1, -0.05) is 23.2 Å². The molecule has 1 saturated carbocycles. The number of nitrogens with one attached hydrogen (secondary N) is 2. The van der Waals surface area contributed by atoms with Gasteiger partial charge in [0.2, 0.25) is 0 Å². The zero-order valence-electron chi connectivity index (χ0n) is 17.5. The van der Waals surface area contributed by atoms with Gasteiger partial charge in [0.15, 0.2) is 5.82 Å². The molecule has 32 heavy (non-hydrogen) atoms. The number of carbonyl (C=O) groups is 2. The third-order valence-corrected chi connectivity index (χ3v) is 6.02. The minimum Gasteiger partial charge on any atom is -0.349 e. The van der Waals surface area contributed by atoms with Gasteiger partial charge in [0.1, 0.15) is 5.69 Å². The topological polar surface area (TPSA) is 88.9 Å². The van der Waals surface area contributed by atoms with E-state index in [4.69, 9.17) is 23.2 Å². The van der Waals surface area contributed by atoms with Crippen LogP contribution in [0.2, 0.25) is 10.0 Å². The monoisotopic (exact) mass is 489 g/mol. The molecule has 0 atom stereocenters. The Hall–Kier alpha value is -2.55. The highest BCUT2D eigenvalue weighted by molar-refractivity contribution is 7.97. The predicted molar refractivity (Wildman–Crippen MR) is 128 cm³/mol. The van der Waals surface area contributed by atoms with Crippen LogP contribution in [0, 0.1) is 6.92 Å². The molecule has 7 nitrogen and oxygen atoms in total. The maximum atomic E-state index is 13.4. The molecule has 1 fully saturated rings. The number of halogens is 2. The van der Waals surface area contributed by atoms with Crippen molar-refractivity contribution >= 4 is 52.5 Å². The lowest BCUT2D eigenvalue weighted by Gasteiger charge is -2.15. The summed E-state index contributed by atoms with van der Waals surface area (Å²) in [4.78, 5) is 30.4. The minimum atomic E-state index is -0.433. The van der Waals surface area contributed by atoms with Crippen LogP contribution in [-0.2, 0) is 5.75 Å². The predicted octanol–water partition coefficient (Wildman–Crippen LogP) is 4.89. The van der Waals surface area contributed by atoms with E-state index in [0.717, 1.165) is 12.8 Å². The average Bonchev–Trinajstić information content (AvgIpc) is 3.46. The minimum absolute atomic E-state index is 0.173. The number of aromatic nitrogens is 3. The van der Waals surface area contributed by atoms with Crippen molar-refractivity contribution < 1.29 is 9.59 Å². The summed E-state index contributed by atoms with van der Waals surface area (Å²) in [6.07, 6.45) is 5.45. The van der Waals surface area contributed by atoms with Crippen LogP contribution < -0.4 is 10.6 Å². The molecule has 3 aromatic rings. The summed E-state index contributed by atoms with van der Waals surface area (Å²) >= 11 is 14.1. The number of carbonyl (C=O) groups excluding carboxylic acids is 2. The second-order valence-electron chi connectivity index (χ2n) is 7.52. The molecule has 2 amide bonds. The van der Waals surface area contributed by atoms with E-state index in [1.165, 1.54) is 4.68 Å². The van der Waals surface area contributed by atoms with Gasteiger partial charge in [0.25, 0.3) is 11.8 Å². The molecule has 0 aliphatic heterocycles. The fourth-order valence-electron chi connectivity index (χ4n) is 3.26. The van der Waals surface area contributed by atoms with Crippen LogP contribution in [0.3, 0.4) is 0 Å². The smallest absolute Gasteiger partial charge is 0.274 e. The number of hydrogen-bond donors (Lipinski definition) is 2. The van der Waals surface area contributed by atoms with Crippen molar-refractivity contribution in [3.63, 3.8) is 0 Å². The molecule has 0 unspecified atom stereocenters. The number of benzene rings is 1. The molecule has 0 radical (unpaired) electrons. The van der Waals surface area contributed by atoms with E-state index in [-0.39, 0.29) is 17.6 Å². The summed E-state index contributed by atoms with van der Waals surface area (Å²) in [7, 11) is 0. The van der Waals surface area contributed by atoms with E-state index in [0.29, 0.717) is 44.1 Å². The van der Waals surface area contributed by atoms with Crippen molar-refractivity contribution in [2.75, 3.05) is 11.6 Å². The van der Waals surface area contributed by atoms with Gasteiger partial charge in [0, 0.05) is 23.0 Å². The third kappa shape index (κ3) is 4.92. The molecule has 2 heterocycles. The van der Waals surface area contributed by atoms with Crippen LogP contribution in [0.4, 0.5) is 5.69 Å². The van der Waals surface area contributed by atoms with Crippen LogP contribution in [0.15, 0.2) is 36.5 Å². The molecule has 4 rings (SSSR count). The fourth-order valence-corrected chi connectivity index (χ4v) is 4.17. The first kappa shape index (κ1) is 22.6. The van der Waals surface area contributed by atoms with Gasteiger partial charge in [-0.15, -0.1) is 0 Å². The summed E-state index contributed by atoms with van der Waals surface area (Å²) in [6, 6.07) is 8.54. The van der Waals surface area contributed by atoms with E-state index in [1.54, 1.807) is 55.2 Å². The van der Waals surface area contributed by atoms with Crippen molar-refractivity contribution in [3.8, 4) is 5.82 Å². The first-order valence-corrected chi connectivity index (χ1v) is 12.1. The Morgan fingerprint density at radius 3 is 2.69 bits per heavy atom. The van der Waals surface area contributed by atoms with Crippen molar-refractivity contribution in [2.24, 2.45) is 0 Å². The van der Waals surface area contributed by atoms with Crippen LogP contribution >= 0.6 is 35.0 Å². The Bertz CT molecular complexity index is 1190. The summed E-state index contributed by atoms with van der Waals surface area (Å²) in [6.45, 7) is 1.79. The Morgan fingerprint density at radius 2 is 2.00 bits per heavy atom. The Balaban J connectivity index is 1.72. The number of hydrogen-bond acceptors (Lipinski definition) is 5. The van der Waals surface area contributed by atoms with E-state index >= 15 is 0 Å². The second kappa shape index (κ2) is 9.52. The van der Waals surface area contributed by atoms with E-state index in [1.807, 2.05) is 6.26 Å². The van der Waals surface area contributed by atoms with Crippen molar-refractivity contribution in [1.29, 1.82) is 0 Å². The molecule has 2 aromatic heterocycles. The van der Waals surface area contributed by atoms with Crippen molar-refractivity contribution in [2.45, 2.75) is 31.6 Å². The van der Waals surface area contributed by atoms with Crippen molar-refractivity contribution in [1.82, 2.24) is 20.1 Å². The number of anilines is 1. The number of pyridine rings is 1. The second-order valence-corrected chi connectivity index (χ2v) is 9.23. The third-order valence-electron chi connectivity index (χ3n) is 4.92. The van der Waals surface area contributed by atoms with E-state index in [2.05, 4.69) is 20.7 Å². The fraction of sp³-hybridized carbons (Fsp3) is 0.273. The van der Waals surface area contributed by atoms with Crippen molar-refractivity contribution in [3.05, 3.63) is 69.1 Å². The summed E-state index contributed by atoms with van der Waals surface area (Å²) in [5, 5.41) is 11.1. The van der Waals surface area contributed by atoms with E-state index in [9.17, 15) is 9.59 Å². The highest BCUT2D eigenvalue weighted by Gasteiger charge is 2.27. The molecular weight excluding hydrogens is 469 g/mol. The lowest BCUT2D eigenvalue weighted by Crippen LogP contribution is -2.27. The quantitative estimate of drug-likeness (QED) is 0.493. The maximum absolute atomic E-state index is 13.4. The standard InChI is InChI=1S/C22H21Cl2N5O2S/c1-12-8-13(23)9-16(21(30)26-14-5-6-14)19(12)27-22(31)18-10-15(11-32-2)28-29(18)20-17(24)4-3-7-25-20/h3-4,7-10,14H,5-6,11H2,1-2H3,(H,26,30)(H,27,31). The molecule has 0 bridgehead atoms. The number of rotatable bonds is 7. The average molecular weight is 490 g/mol. The molecule has 1 aliphatic carbocycles. The SMILES string of the molecule is CSCc1cc(C(=O)Nc2c(C)cc(Cl)cc2C(=O)NC2CC2)n(-c2ncccc2Cl)n1. The lowest BCUT2D eigenvalue weighted by molar-refractivity contribution is 0.0952. The highest BCUT2D eigenvalue weighted by atomic mass is 35.5. The van der Waals surface area contributed by atoms with Gasteiger partial charge >= 0.3 is 0 Å². The van der Waals surface area contributed by atoms with Crippen LogP contribution in [-0.4, -0.2) is 38.9 Å². The molecule has 0 saturated heterocycles. The number of amides is 2. The van der Waals surface area contributed by atoms with Gasteiger partial charge in [0.05, 0.1) is 22.0 Å². The number of thioether (sulfide) groups is 1. The first-order chi connectivity index (χ1) is 15.4. The molecule has 1 aliphatic rings. The van der Waals surface area contributed by atoms with E-state index < -0.39 is 5.91 Å². The summed E-state index contributed by atoms with van der Waals surface area (Å²) in [5.74, 6) is 0.272. The Labute approximate surface area is 199 Å². The van der Waals surface area contributed by atoms with Crippen LogP contribution in [0.1, 0.15) is 44.9 Å². The Morgan fingerprint density at radius 1 is 1.22 bits per heavy atom. The van der Waals surface area contributed by atoms with Gasteiger partial charge in [-0.05, 0) is 61.9 Å². The largest absolute Gasteiger partial charge is 0.349 e.